The maximum Gasteiger partial charge on any atom is 0.295 e. The van der Waals surface area contributed by atoms with Gasteiger partial charge in [-0.1, -0.05) is 35.9 Å². The molecule has 0 saturated carbocycles. The number of aryl methyl sites for hydroxylation is 4. The normalized spacial score (nSPS) is 19.4. The molecule has 3 aromatic rings. The smallest absolute Gasteiger partial charge is 0.295 e. The standard InChI is InChI=1S/C29H28N2O3/c1-18-7-8-19(2)24(15-18)17-31-26(21-11-13-30-14-12-21)25(28(33)29(31)34)27(32)23-10-9-20-5-3-4-6-22(20)16-23/h7-16,26,32H,3-6,17H2,1-2H3/b27-25-. The van der Waals surface area contributed by atoms with Crippen LogP contribution >= 0.6 is 0 Å². The van der Waals surface area contributed by atoms with E-state index in [1.165, 1.54) is 17.5 Å². The molecular formula is C29H28N2O3. The van der Waals surface area contributed by atoms with Crippen LogP contribution < -0.4 is 0 Å². The molecule has 172 valence electrons. The lowest BCUT2D eigenvalue weighted by Gasteiger charge is -2.26. The van der Waals surface area contributed by atoms with Gasteiger partial charge in [-0.2, -0.15) is 0 Å². The van der Waals surface area contributed by atoms with E-state index in [2.05, 4.69) is 4.98 Å². The highest BCUT2D eigenvalue weighted by molar-refractivity contribution is 6.46. The number of Topliss-reactive ketones (excluding diaryl/α,β-unsaturated/α-hetero) is 1. The summed E-state index contributed by atoms with van der Waals surface area (Å²) in [7, 11) is 0. The molecule has 1 amide bonds. The van der Waals surface area contributed by atoms with Crippen LogP contribution in [0.25, 0.3) is 5.76 Å². The first kappa shape index (κ1) is 22.1. The van der Waals surface area contributed by atoms with Crippen molar-refractivity contribution in [1.82, 2.24) is 9.88 Å². The molecule has 1 aromatic heterocycles. The van der Waals surface area contributed by atoms with Crippen LogP contribution in [0, 0.1) is 13.8 Å². The number of amides is 1. The number of likely N-dealkylation sites (tertiary alicyclic amines) is 1. The summed E-state index contributed by atoms with van der Waals surface area (Å²) in [6, 6.07) is 14.9. The zero-order valence-electron chi connectivity index (χ0n) is 19.5. The lowest BCUT2D eigenvalue weighted by Crippen LogP contribution is -2.29. The second-order valence-corrected chi connectivity index (χ2v) is 9.33. The molecule has 34 heavy (non-hydrogen) atoms. The highest BCUT2D eigenvalue weighted by Crippen LogP contribution is 2.40. The summed E-state index contributed by atoms with van der Waals surface area (Å²) in [6.07, 6.45) is 7.58. The van der Waals surface area contributed by atoms with Crippen molar-refractivity contribution >= 4 is 17.4 Å². The van der Waals surface area contributed by atoms with Crippen LogP contribution in [0.4, 0.5) is 0 Å². The van der Waals surface area contributed by atoms with Gasteiger partial charge >= 0.3 is 0 Å². The maximum atomic E-state index is 13.3. The van der Waals surface area contributed by atoms with Crippen LogP contribution in [0.1, 0.15) is 57.8 Å². The third kappa shape index (κ3) is 3.92. The highest BCUT2D eigenvalue weighted by Gasteiger charge is 2.46. The predicted molar refractivity (Wildman–Crippen MR) is 131 cm³/mol. The molecule has 2 aliphatic rings. The zero-order valence-corrected chi connectivity index (χ0v) is 19.5. The van der Waals surface area contributed by atoms with Gasteiger partial charge in [0, 0.05) is 24.5 Å². The zero-order chi connectivity index (χ0) is 23.8. The molecule has 1 fully saturated rings. The van der Waals surface area contributed by atoms with Crippen LogP contribution in [0.2, 0.25) is 0 Å². The Balaban J connectivity index is 1.63. The summed E-state index contributed by atoms with van der Waals surface area (Å²) in [5.41, 5.74) is 7.10. The number of carbonyl (C=O) groups excluding carboxylic acids is 2. The first-order chi connectivity index (χ1) is 16.4. The van der Waals surface area contributed by atoms with Crippen molar-refractivity contribution in [2.24, 2.45) is 0 Å². The van der Waals surface area contributed by atoms with E-state index < -0.39 is 17.7 Å². The minimum Gasteiger partial charge on any atom is -0.507 e. The summed E-state index contributed by atoms with van der Waals surface area (Å²) < 4.78 is 0. The Hall–Kier alpha value is -3.73. The molecule has 1 saturated heterocycles. The van der Waals surface area contributed by atoms with Crippen LogP contribution in [0.3, 0.4) is 0 Å². The van der Waals surface area contributed by atoms with Crippen molar-refractivity contribution < 1.29 is 14.7 Å². The summed E-state index contributed by atoms with van der Waals surface area (Å²) in [5.74, 6) is -1.36. The van der Waals surface area contributed by atoms with Gasteiger partial charge in [-0.25, -0.2) is 0 Å². The van der Waals surface area contributed by atoms with Crippen molar-refractivity contribution in [2.75, 3.05) is 0 Å². The van der Waals surface area contributed by atoms with Gasteiger partial charge in [-0.15, -0.1) is 0 Å². The summed E-state index contributed by atoms with van der Waals surface area (Å²) >= 11 is 0. The van der Waals surface area contributed by atoms with Crippen molar-refractivity contribution in [3.63, 3.8) is 0 Å². The molecule has 1 unspecified atom stereocenters. The number of carbonyl (C=O) groups is 2. The Kier molecular flexibility index (Phi) is 5.78. The number of benzene rings is 2. The fraction of sp³-hybridized carbons (Fsp3) is 0.276. The first-order valence-electron chi connectivity index (χ1n) is 11.8. The Morgan fingerprint density at radius 1 is 0.971 bits per heavy atom. The number of rotatable bonds is 4. The van der Waals surface area contributed by atoms with E-state index in [0.29, 0.717) is 5.56 Å². The van der Waals surface area contributed by atoms with Gasteiger partial charge in [-0.05, 0) is 85.5 Å². The topological polar surface area (TPSA) is 70.5 Å². The lowest BCUT2D eigenvalue weighted by atomic mass is 9.89. The molecule has 2 heterocycles. The lowest BCUT2D eigenvalue weighted by molar-refractivity contribution is -0.140. The summed E-state index contributed by atoms with van der Waals surface area (Å²) in [4.78, 5) is 32.3. The van der Waals surface area contributed by atoms with E-state index in [9.17, 15) is 14.7 Å². The van der Waals surface area contributed by atoms with Crippen molar-refractivity contribution in [3.05, 3.63) is 105 Å². The predicted octanol–water partition coefficient (Wildman–Crippen LogP) is 5.20. The second-order valence-electron chi connectivity index (χ2n) is 9.33. The number of hydrogen-bond acceptors (Lipinski definition) is 4. The third-order valence-electron chi connectivity index (χ3n) is 7.03. The number of ketones is 1. The molecule has 5 heteroatoms. The van der Waals surface area contributed by atoms with E-state index in [-0.39, 0.29) is 17.9 Å². The van der Waals surface area contributed by atoms with Gasteiger partial charge < -0.3 is 10.0 Å². The quantitative estimate of drug-likeness (QED) is 0.336. The van der Waals surface area contributed by atoms with Gasteiger partial charge in [0.05, 0.1) is 11.6 Å². The molecule has 1 aliphatic heterocycles. The summed E-state index contributed by atoms with van der Waals surface area (Å²) in [5, 5.41) is 11.4. The molecule has 5 nitrogen and oxygen atoms in total. The Morgan fingerprint density at radius 3 is 2.47 bits per heavy atom. The maximum absolute atomic E-state index is 13.3. The molecule has 0 bridgehead atoms. The number of aliphatic hydroxyl groups is 1. The molecular weight excluding hydrogens is 424 g/mol. The van der Waals surface area contributed by atoms with Crippen molar-refractivity contribution in [1.29, 1.82) is 0 Å². The minimum atomic E-state index is -0.682. The number of nitrogens with zero attached hydrogens (tertiary/aromatic N) is 2. The van der Waals surface area contributed by atoms with Gasteiger partial charge in [0.1, 0.15) is 5.76 Å². The monoisotopic (exact) mass is 452 g/mol. The van der Waals surface area contributed by atoms with Crippen LogP contribution in [-0.2, 0) is 29.0 Å². The van der Waals surface area contributed by atoms with Crippen LogP contribution in [0.15, 0.2) is 66.5 Å². The van der Waals surface area contributed by atoms with E-state index in [0.717, 1.165) is 41.5 Å². The molecule has 1 aliphatic carbocycles. The van der Waals surface area contributed by atoms with E-state index in [1.54, 1.807) is 29.4 Å². The van der Waals surface area contributed by atoms with E-state index >= 15 is 0 Å². The fourth-order valence-electron chi connectivity index (χ4n) is 5.13. The average Bonchev–Trinajstić information content (AvgIpc) is 3.11. The SMILES string of the molecule is Cc1ccc(C)c(CN2C(=O)C(=O)/C(=C(\O)c3ccc4c(c3)CCCC4)C2c2ccncc2)c1. The Bertz CT molecular complexity index is 1310. The molecule has 1 atom stereocenters. The molecule has 0 spiro atoms. The fourth-order valence-corrected chi connectivity index (χ4v) is 5.13. The van der Waals surface area contributed by atoms with Gasteiger partial charge in [0.25, 0.3) is 11.7 Å². The van der Waals surface area contributed by atoms with E-state index in [4.69, 9.17) is 0 Å². The van der Waals surface area contributed by atoms with Gasteiger partial charge in [0.2, 0.25) is 0 Å². The number of pyridine rings is 1. The minimum absolute atomic E-state index is 0.114. The Morgan fingerprint density at radius 2 is 1.71 bits per heavy atom. The largest absolute Gasteiger partial charge is 0.507 e. The number of hydrogen-bond donors (Lipinski definition) is 1. The van der Waals surface area contributed by atoms with Gasteiger partial charge in [-0.3, -0.25) is 14.6 Å². The number of aliphatic hydroxyl groups excluding tert-OH is 1. The third-order valence-corrected chi connectivity index (χ3v) is 7.03. The number of aromatic nitrogens is 1. The van der Waals surface area contributed by atoms with Crippen molar-refractivity contribution in [3.8, 4) is 0 Å². The number of fused-ring (bicyclic) bond motifs is 1. The summed E-state index contributed by atoms with van der Waals surface area (Å²) in [6.45, 7) is 4.29. The van der Waals surface area contributed by atoms with Crippen molar-refractivity contribution in [2.45, 2.75) is 52.1 Å². The average molecular weight is 453 g/mol. The molecule has 1 N–H and O–H groups in total. The molecule has 2 aromatic carbocycles. The molecule has 5 rings (SSSR count). The van der Waals surface area contributed by atoms with Gasteiger partial charge in [0.15, 0.2) is 0 Å². The first-order valence-corrected chi connectivity index (χ1v) is 11.8. The Labute approximate surface area is 199 Å². The van der Waals surface area contributed by atoms with E-state index in [1.807, 2.05) is 50.2 Å². The van der Waals surface area contributed by atoms with Crippen LogP contribution in [-0.4, -0.2) is 26.7 Å². The highest BCUT2D eigenvalue weighted by atomic mass is 16.3. The molecule has 0 radical (unpaired) electrons. The second kappa shape index (κ2) is 8.90. The van der Waals surface area contributed by atoms with Crippen LogP contribution in [0.5, 0.6) is 0 Å².